The van der Waals surface area contributed by atoms with Gasteiger partial charge in [-0.2, -0.15) is 0 Å². The van der Waals surface area contributed by atoms with E-state index in [4.69, 9.17) is 4.74 Å². The maximum absolute atomic E-state index is 14.2. The Morgan fingerprint density at radius 3 is 2.43 bits per heavy atom. The summed E-state index contributed by atoms with van der Waals surface area (Å²) in [6.45, 7) is 8.29. The van der Waals surface area contributed by atoms with Crippen molar-refractivity contribution in [3.05, 3.63) is 101 Å². The molecule has 4 unspecified atom stereocenters. The molecule has 2 aromatic rings. The molecule has 2 heterocycles. The zero-order valence-corrected chi connectivity index (χ0v) is 24.6. The monoisotopic (exact) mass is 590 g/mol. The van der Waals surface area contributed by atoms with Gasteiger partial charge in [0.2, 0.25) is 11.8 Å². The van der Waals surface area contributed by atoms with E-state index in [1.54, 1.807) is 25.1 Å². The van der Waals surface area contributed by atoms with Crippen molar-refractivity contribution in [1.29, 1.82) is 0 Å². The van der Waals surface area contributed by atoms with Crippen LogP contribution in [0, 0.1) is 17.8 Å². The molecule has 2 amide bonds. The third-order valence-electron chi connectivity index (χ3n) is 9.87. The predicted molar refractivity (Wildman–Crippen MR) is 165 cm³/mol. The molecule has 5 aliphatic rings. The summed E-state index contributed by atoms with van der Waals surface area (Å²) in [5, 5.41) is 11.4. The van der Waals surface area contributed by atoms with Crippen LogP contribution < -0.4 is 9.80 Å². The van der Waals surface area contributed by atoms with Crippen LogP contribution in [0.2, 0.25) is 0 Å². The molecule has 0 spiro atoms. The minimum atomic E-state index is -0.694. The first kappa shape index (κ1) is 28.2. The Kier molecular flexibility index (Phi) is 6.97. The van der Waals surface area contributed by atoms with E-state index in [-0.39, 0.29) is 35.6 Å². The molecule has 0 bridgehead atoms. The van der Waals surface area contributed by atoms with E-state index in [1.165, 1.54) is 11.0 Å². The normalized spacial score (nSPS) is 26.7. The molecule has 1 N–H and O–H groups in total. The molecule has 0 saturated carbocycles. The van der Waals surface area contributed by atoms with Crippen LogP contribution in [0.1, 0.15) is 36.8 Å². The summed E-state index contributed by atoms with van der Waals surface area (Å²) < 4.78 is 5.45. The molecule has 0 aromatic heterocycles. The zero-order valence-electron chi connectivity index (χ0n) is 24.6. The van der Waals surface area contributed by atoms with Crippen LogP contribution in [-0.4, -0.2) is 54.8 Å². The number of hydrogen-bond acceptors (Lipinski definition) is 7. The minimum absolute atomic E-state index is 0.0512. The summed E-state index contributed by atoms with van der Waals surface area (Å²) in [5.74, 6) is -3.36. The van der Waals surface area contributed by atoms with Gasteiger partial charge in [-0.25, -0.2) is 0 Å². The Morgan fingerprint density at radius 2 is 1.70 bits per heavy atom. The van der Waals surface area contributed by atoms with Gasteiger partial charge >= 0.3 is 0 Å². The number of morpholine rings is 1. The first-order valence-corrected chi connectivity index (χ1v) is 15.2. The molecule has 2 aliphatic heterocycles. The first-order valence-electron chi connectivity index (χ1n) is 15.2. The number of carbonyl (C=O) groups excluding carboxylic acids is 4. The molecule has 2 saturated heterocycles. The lowest BCUT2D eigenvalue weighted by Gasteiger charge is -2.42. The van der Waals surface area contributed by atoms with Crippen LogP contribution in [0.3, 0.4) is 0 Å². The first-order chi connectivity index (χ1) is 21.3. The molecular formula is C36H34N2O6. The van der Waals surface area contributed by atoms with Gasteiger partial charge < -0.3 is 14.7 Å². The second kappa shape index (κ2) is 10.9. The zero-order chi connectivity index (χ0) is 30.7. The van der Waals surface area contributed by atoms with Crippen molar-refractivity contribution in [3.63, 3.8) is 0 Å². The maximum atomic E-state index is 14.2. The highest BCUT2D eigenvalue weighted by Gasteiger charge is 2.56. The molecule has 2 fully saturated rings. The van der Waals surface area contributed by atoms with E-state index in [0.717, 1.165) is 24.4 Å². The highest BCUT2D eigenvalue weighted by Crippen LogP contribution is 2.56. The average Bonchev–Trinajstić information content (AvgIpc) is 3.30. The van der Waals surface area contributed by atoms with E-state index in [1.807, 2.05) is 36.4 Å². The maximum Gasteiger partial charge on any atom is 0.238 e. The van der Waals surface area contributed by atoms with Gasteiger partial charge in [0.05, 0.1) is 30.7 Å². The Bertz CT molecular complexity index is 1710. The van der Waals surface area contributed by atoms with Crippen LogP contribution >= 0.6 is 0 Å². The number of nitrogens with zero attached hydrogens (tertiary/aromatic N) is 2. The molecule has 7 rings (SSSR count). The van der Waals surface area contributed by atoms with Gasteiger partial charge in [0.15, 0.2) is 11.6 Å². The number of hydrogen-bond donors (Lipinski definition) is 1. The molecule has 4 atom stereocenters. The van der Waals surface area contributed by atoms with Crippen LogP contribution in [-0.2, 0) is 30.3 Å². The smallest absolute Gasteiger partial charge is 0.238 e. The Labute approximate surface area is 256 Å². The standard InChI is InChI=1S/C36H34N2O6/c1-3-5-21-6-4-7-25(34(21)41)30-24-12-13-26-31(27(24)19-28-32(30)29(39)18-20(2)33(28)40)36(43)38(35(26)42)23-10-8-22(9-11-23)37-14-16-44-17-15-37/h3-4,6-12,18,26-27,30-31,41H,1,5,13-17,19H2,2H3. The minimum Gasteiger partial charge on any atom is -0.507 e. The Balaban J connectivity index is 1.28. The summed E-state index contributed by atoms with van der Waals surface area (Å²) >= 11 is 0. The van der Waals surface area contributed by atoms with Gasteiger partial charge in [-0.1, -0.05) is 35.9 Å². The molecule has 3 aliphatic carbocycles. The largest absolute Gasteiger partial charge is 0.507 e. The molecule has 8 nitrogen and oxygen atoms in total. The highest BCUT2D eigenvalue weighted by atomic mass is 16.5. The van der Waals surface area contributed by atoms with E-state index in [9.17, 15) is 24.3 Å². The number of para-hydroxylation sites is 1. The van der Waals surface area contributed by atoms with Gasteiger partial charge in [0.25, 0.3) is 0 Å². The van der Waals surface area contributed by atoms with Crippen LogP contribution in [0.15, 0.2) is 89.6 Å². The fourth-order valence-electron chi connectivity index (χ4n) is 7.79. The summed E-state index contributed by atoms with van der Waals surface area (Å²) in [6.07, 6.45) is 6.02. The number of imide groups is 1. The molecule has 2 aromatic carbocycles. The SMILES string of the molecule is C=CCc1cccc(C2C3=CCC4C(=O)N(c5ccc(N6CCOCC6)cc5)C(=O)C4C3CC3=C2C(=O)C=C(C)C3=O)c1O. The number of amides is 2. The number of phenolic OH excluding ortho intramolecular Hbond substituents is 1. The molecule has 8 heteroatoms. The number of fused-ring (bicyclic) bond motifs is 3. The highest BCUT2D eigenvalue weighted by molar-refractivity contribution is 6.25. The number of anilines is 2. The number of phenols is 1. The van der Waals surface area contributed by atoms with Crippen molar-refractivity contribution in [2.75, 3.05) is 36.1 Å². The van der Waals surface area contributed by atoms with Crippen molar-refractivity contribution >= 4 is 34.8 Å². The van der Waals surface area contributed by atoms with Crippen molar-refractivity contribution in [2.24, 2.45) is 17.8 Å². The molecular weight excluding hydrogens is 556 g/mol. The summed E-state index contributed by atoms with van der Waals surface area (Å²) in [6, 6.07) is 12.9. The quantitative estimate of drug-likeness (QED) is 0.309. The van der Waals surface area contributed by atoms with E-state index in [0.29, 0.717) is 59.6 Å². The van der Waals surface area contributed by atoms with Gasteiger partial charge in [-0.3, -0.25) is 24.1 Å². The van der Waals surface area contributed by atoms with Crippen LogP contribution in [0.5, 0.6) is 5.75 Å². The number of carbonyl (C=O) groups is 4. The lowest BCUT2D eigenvalue weighted by molar-refractivity contribution is -0.123. The average molecular weight is 591 g/mol. The Hall–Kier alpha value is -4.56. The van der Waals surface area contributed by atoms with Crippen molar-refractivity contribution in [2.45, 2.75) is 32.1 Å². The number of ketones is 2. The van der Waals surface area contributed by atoms with Gasteiger partial charge in [-0.15, -0.1) is 6.58 Å². The van der Waals surface area contributed by atoms with E-state index >= 15 is 0 Å². The topological polar surface area (TPSA) is 104 Å². The summed E-state index contributed by atoms with van der Waals surface area (Å²) in [7, 11) is 0. The number of ether oxygens (including phenoxy) is 1. The van der Waals surface area contributed by atoms with Crippen molar-refractivity contribution < 1.29 is 29.0 Å². The number of rotatable bonds is 5. The lowest BCUT2D eigenvalue weighted by atomic mass is 9.59. The van der Waals surface area contributed by atoms with Gasteiger partial charge in [-0.05, 0) is 68.0 Å². The lowest BCUT2D eigenvalue weighted by Crippen LogP contribution is -2.39. The number of allylic oxidation sites excluding steroid dienone is 7. The summed E-state index contributed by atoms with van der Waals surface area (Å²) in [4.78, 5) is 58.7. The Morgan fingerprint density at radius 1 is 0.977 bits per heavy atom. The third kappa shape index (κ3) is 4.31. The molecule has 0 radical (unpaired) electrons. The third-order valence-corrected chi connectivity index (χ3v) is 9.87. The van der Waals surface area contributed by atoms with Crippen LogP contribution in [0.4, 0.5) is 11.4 Å². The summed E-state index contributed by atoms with van der Waals surface area (Å²) in [5.41, 5.74) is 4.63. The van der Waals surface area contributed by atoms with Crippen molar-refractivity contribution in [1.82, 2.24) is 0 Å². The fraction of sp³-hybridized carbons (Fsp3) is 0.333. The number of benzene rings is 2. The van der Waals surface area contributed by atoms with Gasteiger partial charge in [0.1, 0.15) is 5.75 Å². The molecule has 224 valence electrons. The second-order valence-corrected chi connectivity index (χ2v) is 12.2. The van der Waals surface area contributed by atoms with E-state index < -0.39 is 23.7 Å². The number of aromatic hydroxyl groups is 1. The van der Waals surface area contributed by atoms with Gasteiger partial charge in [0, 0.05) is 47.0 Å². The van der Waals surface area contributed by atoms with Crippen LogP contribution in [0.25, 0.3) is 0 Å². The molecule has 44 heavy (non-hydrogen) atoms. The van der Waals surface area contributed by atoms with E-state index in [2.05, 4.69) is 11.5 Å². The second-order valence-electron chi connectivity index (χ2n) is 12.2. The fourth-order valence-corrected chi connectivity index (χ4v) is 7.79. The predicted octanol–water partition coefficient (Wildman–Crippen LogP) is 4.59. The van der Waals surface area contributed by atoms with Crippen molar-refractivity contribution in [3.8, 4) is 5.75 Å². The number of Topliss-reactive ketones (excluding diaryl/α,β-unsaturated/α-hetero) is 1.